The van der Waals surface area contributed by atoms with Crippen LogP contribution >= 0.6 is 0 Å². The Hall–Kier alpha value is -1.62. The van der Waals surface area contributed by atoms with Crippen molar-refractivity contribution < 1.29 is 0 Å². The van der Waals surface area contributed by atoms with Crippen LogP contribution in [0.1, 0.15) is 30.9 Å². The highest BCUT2D eigenvalue weighted by molar-refractivity contribution is 5.79. The predicted molar refractivity (Wildman–Crippen MR) is 92.3 cm³/mol. The molecule has 2 heterocycles. The van der Waals surface area contributed by atoms with Crippen LogP contribution in [0.15, 0.2) is 23.5 Å². The van der Waals surface area contributed by atoms with Gasteiger partial charge in [0.05, 0.1) is 0 Å². The number of pyridine rings is 1. The molecule has 1 aromatic rings. The van der Waals surface area contributed by atoms with Gasteiger partial charge in [-0.25, -0.2) is 0 Å². The van der Waals surface area contributed by atoms with Gasteiger partial charge in [-0.05, 0) is 56.5 Å². The number of hydrogen-bond donors (Lipinski definition) is 2. The largest absolute Gasteiger partial charge is 0.356 e. The molecule has 5 heteroatoms. The highest BCUT2D eigenvalue weighted by Crippen LogP contribution is 2.15. The fourth-order valence-electron chi connectivity index (χ4n) is 3.08. The molecule has 0 saturated carbocycles. The first-order chi connectivity index (χ1) is 10.7. The van der Waals surface area contributed by atoms with Gasteiger partial charge in [0.2, 0.25) is 0 Å². The summed E-state index contributed by atoms with van der Waals surface area (Å²) in [5.74, 6) is 0.898. The van der Waals surface area contributed by atoms with Crippen molar-refractivity contribution >= 4 is 5.96 Å². The van der Waals surface area contributed by atoms with Crippen molar-refractivity contribution in [3.63, 3.8) is 0 Å². The lowest BCUT2D eigenvalue weighted by atomic mass is 10.1. The number of likely N-dealkylation sites (tertiary alicyclic amines) is 1. The number of rotatable bonds is 6. The number of nitrogens with one attached hydrogen (secondary N) is 2. The van der Waals surface area contributed by atoms with E-state index in [2.05, 4.69) is 45.4 Å². The maximum atomic E-state index is 4.32. The summed E-state index contributed by atoms with van der Waals surface area (Å²) in [4.78, 5) is 11.0. The molecule has 1 saturated heterocycles. The van der Waals surface area contributed by atoms with Crippen molar-refractivity contribution in [1.29, 1.82) is 0 Å². The number of aryl methyl sites for hydroxylation is 1. The SMILES string of the molecule is CCN1CCCC1CNC(=NC)NCCc1ccncc1C. The minimum atomic E-state index is 0.644. The number of guanidine groups is 1. The molecule has 0 aliphatic carbocycles. The average Bonchev–Trinajstić information content (AvgIpc) is 3.00. The Morgan fingerprint density at radius 1 is 1.45 bits per heavy atom. The molecule has 0 amide bonds. The third-order valence-corrected chi connectivity index (χ3v) is 4.46. The molecule has 1 fully saturated rings. The maximum absolute atomic E-state index is 4.32. The Kier molecular flexibility index (Phi) is 6.65. The predicted octanol–water partition coefficient (Wildman–Crippen LogP) is 1.58. The van der Waals surface area contributed by atoms with Gasteiger partial charge >= 0.3 is 0 Å². The van der Waals surface area contributed by atoms with Crippen molar-refractivity contribution in [3.8, 4) is 0 Å². The molecule has 122 valence electrons. The van der Waals surface area contributed by atoms with Crippen LogP contribution in [0.2, 0.25) is 0 Å². The van der Waals surface area contributed by atoms with E-state index in [1.165, 1.54) is 30.5 Å². The summed E-state index contributed by atoms with van der Waals surface area (Å²) in [7, 11) is 1.83. The van der Waals surface area contributed by atoms with Crippen molar-refractivity contribution in [2.75, 3.05) is 33.2 Å². The molecule has 1 aliphatic rings. The number of aromatic nitrogens is 1. The van der Waals surface area contributed by atoms with Crippen molar-refractivity contribution in [2.24, 2.45) is 4.99 Å². The topological polar surface area (TPSA) is 52.5 Å². The number of likely N-dealkylation sites (N-methyl/N-ethyl adjacent to an activating group) is 1. The van der Waals surface area contributed by atoms with Gasteiger partial charge in [-0.15, -0.1) is 0 Å². The van der Waals surface area contributed by atoms with E-state index in [0.717, 1.165) is 32.0 Å². The van der Waals surface area contributed by atoms with Crippen LogP contribution in [0.25, 0.3) is 0 Å². The zero-order chi connectivity index (χ0) is 15.8. The Morgan fingerprint density at radius 2 is 2.32 bits per heavy atom. The van der Waals surface area contributed by atoms with E-state index in [0.29, 0.717) is 6.04 Å². The van der Waals surface area contributed by atoms with Crippen molar-refractivity contribution in [2.45, 2.75) is 39.2 Å². The average molecular weight is 303 g/mol. The Balaban J connectivity index is 1.72. The first-order valence-corrected chi connectivity index (χ1v) is 8.32. The molecule has 0 bridgehead atoms. The molecule has 0 radical (unpaired) electrons. The number of hydrogen-bond acceptors (Lipinski definition) is 3. The Bertz CT molecular complexity index is 486. The highest BCUT2D eigenvalue weighted by Gasteiger charge is 2.22. The zero-order valence-electron chi connectivity index (χ0n) is 14.1. The van der Waals surface area contributed by atoms with Gasteiger partial charge in [0.15, 0.2) is 5.96 Å². The molecule has 1 unspecified atom stereocenters. The summed E-state index contributed by atoms with van der Waals surface area (Å²) >= 11 is 0. The van der Waals surface area contributed by atoms with Gasteiger partial charge < -0.3 is 10.6 Å². The quantitative estimate of drug-likeness (QED) is 0.619. The summed E-state index contributed by atoms with van der Waals surface area (Å²) in [5, 5.41) is 6.86. The minimum absolute atomic E-state index is 0.644. The summed E-state index contributed by atoms with van der Waals surface area (Å²) in [5.41, 5.74) is 2.59. The van der Waals surface area contributed by atoms with E-state index in [-0.39, 0.29) is 0 Å². The maximum Gasteiger partial charge on any atom is 0.191 e. The van der Waals surface area contributed by atoms with E-state index in [1.54, 1.807) is 0 Å². The molecule has 0 spiro atoms. The molecule has 22 heavy (non-hydrogen) atoms. The number of aliphatic imine (C=N–C) groups is 1. The van der Waals surface area contributed by atoms with Crippen LogP contribution in [0.3, 0.4) is 0 Å². The fourth-order valence-corrected chi connectivity index (χ4v) is 3.08. The second-order valence-electron chi connectivity index (χ2n) is 5.86. The van der Waals surface area contributed by atoms with Crippen LogP contribution in [-0.2, 0) is 6.42 Å². The monoisotopic (exact) mass is 303 g/mol. The molecule has 2 rings (SSSR count). The molecule has 1 atom stereocenters. The van der Waals surface area contributed by atoms with Gasteiger partial charge in [-0.1, -0.05) is 6.92 Å². The molecule has 1 aromatic heterocycles. The van der Waals surface area contributed by atoms with Gasteiger partial charge in [0.1, 0.15) is 0 Å². The second kappa shape index (κ2) is 8.73. The summed E-state index contributed by atoms with van der Waals surface area (Å²) in [6.45, 7) is 8.57. The summed E-state index contributed by atoms with van der Waals surface area (Å²) in [6.07, 6.45) is 7.36. The fraction of sp³-hybridized carbons (Fsp3) is 0.647. The molecular formula is C17H29N5. The summed E-state index contributed by atoms with van der Waals surface area (Å²) in [6, 6.07) is 2.73. The van der Waals surface area contributed by atoms with Gasteiger partial charge in [-0.3, -0.25) is 14.9 Å². The third-order valence-electron chi connectivity index (χ3n) is 4.46. The lowest BCUT2D eigenvalue weighted by Gasteiger charge is -2.24. The smallest absolute Gasteiger partial charge is 0.191 e. The van der Waals surface area contributed by atoms with E-state index in [4.69, 9.17) is 0 Å². The zero-order valence-corrected chi connectivity index (χ0v) is 14.1. The highest BCUT2D eigenvalue weighted by atomic mass is 15.2. The second-order valence-corrected chi connectivity index (χ2v) is 5.86. The molecule has 0 aromatic carbocycles. The van der Waals surface area contributed by atoms with Gasteiger partial charge in [0.25, 0.3) is 0 Å². The standard InChI is InChI=1S/C17H29N5/c1-4-22-11-5-6-16(22)13-21-17(18-3)20-10-8-15-7-9-19-12-14(15)2/h7,9,12,16H,4-6,8,10-11,13H2,1-3H3,(H2,18,20,21). The number of nitrogens with zero attached hydrogens (tertiary/aromatic N) is 3. The minimum Gasteiger partial charge on any atom is -0.356 e. The van der Waals surface area contributed by atoms with Gasteiger partial charge in [0, 0.05) is 38.6 Å². The molecule has 2 N–H and O–H groups in total. The van der Waals surface area contributed by atoms with Crippen LogP contribution < -0.4 is 10.6 Å². The normalized spacial score (nSPS) is 19.4. The first kappa shape index (κ1) is 16.7. The third kappa shape index (κ3) is 4.70. The van der Waals surface area contributed by atoms with Crippen molar-refractivity contribution in [1.82, 2.24) is 20.5 Å². The van der Waals surface area contributed by atoms with E-state index in [9.17, 15) is 0 Å². The molecule has 1 aliphatic heterocycles. The van der Waals surface area contributed by atoms with Crippen LogP contribution in [0.5, 0.6) is 0 Å². The Morgan fingerprint density at radius 3 is 3.05 bits per heavy atom. The van der Waals surface area contributed by atoms with Crippen LogP contribution in [0.4, 0.5) is 0 Å². The van der Waals surface area contributed by atoms with E-state index < -0.39 is 0 Å². The molecular weight excluding hydrogens is 274 g/mol. The summed E-state index contributed by atoms with van der Waals surface area (Å²) < 4.78 is 0. The van der Waals surface area contributed by atoms with E-state index in [1.807, 2.05) is 19.4 Å². The lowest BCUT2D eigenvalue weighted by Crippen LogP contribution is -2.45. The van der Waals surface area contributed by atoms with Crippen LogP contribution in [-0.4, -0.2) is 55.1 Å². The van der Waals surface area contributed by atoms with Gasteiger partial charge in [-0.2, -0.15) is 0 Å². The lowest BCUT2D eigenvalue weighted by molar-refractivity contribution is 0.267. The first-order valence-electron chi connectivity index (χ1n) is 8.32. The molecule has 5 nitrogen and oxygen atoms in total. The van der Waals surface area contributed by atoms with Crippen LogP contribution in [0, 0.1) is 6.92 Å². The van der Waals surface area contributed by atoms with E-state index >= 15 is 0 Å². The van der Waals surface area contributed by atoms with Crippen molar-refractivity contribution in [3.05, 3.63) is 29.6 Å². The Labute approximate surface area is 134 Å².